The number of hydrogen-bond donors (Lipinski definition) is 1. The number of imide groups is 1. The molecule has 186 valence electrons. The molecule has 1 aliphatic rings. The molecule has 37 heavy (non-hydrogen) atoms. The van der Waals surface area contributed by atoms with Gasteiger partial charge in [0, 0.05) is 12.1 Å². The number of hydrogen-bond acceptors (Lipinski definition) is 7. The van der Waals surface area contributed by atoms with Crippen LogP contribution in [0.2, 0.25) is 0 Å². The van der Waals surface area contributed by atoms with Gasteiger partial charge in [0.25, 0.3) is 11.8 Å². The number of fused-ring (bicyclic) bond motifs is 1. The first-order valence-electron chi connectivity index (χ1n) is 11.6. The number of methoxy groups -OCH3 is 1. The second kappa shape index (κ2) is 10.3. The van der Waals surface area contributed by atoms with Gasteiger partial charge in [0.2, 0.25) is 5.91 Å². The zero-order chi connectivity index (χ0) is 25.9. The molecule has 0 bridgehead atoms. The van der Waals surface area contributed by atoms with Gasteiger partial charge in [-0.05, 0) is 55.5 Å². The number of benzene rings is 3. The lowest BCUT2D eigenvalue weighted by molar-refractivity contribution is -0.113. The molecule has 3 aromatic carbocycles. The first-order valence-corrected chi connectivity index (χ1v) is 12.6. The van der Waals surface area contributed by atoms with Gasteiger partial charge in [-0.1, -0.05) is 36.0 Å². The van der Waals surface area contributed by atoms with Crippen LogP contribution in [0.5, 0.6) is 5.75 Å². The van der Waals surface area contributed by atoms with Crippen LogP contribution in [0.1, 0.15) is 27.6 Å². The smallest absolute Gasteiger partial charge is 0.266 e. The van der Waals surface area contributed by atoms with E-state index in [0.717, 1.165) is 5.56 Å². The van der Waals surface area contributed by atoms with Crippen molar-refractivity contribution >= 4 is 40.9 Å². The summed E-state index contributed by atoms with van der Waals surface area (Å²) in [6.07, 6.45) is 0. The molecule has 4 aromatic rings. The van der Waals surface area contributed by atoms with Crippen LogP contribution in [0, 0.1) is 0 Å². The van der Waals surface area contributed by atoms with Crippen LogP contribution in [-0.2, 0) is 11.3 Å². The molecule has 2 heterocycles. The molecule has 10 heteroatoms. The molecule has 0 aliphatic carbocycles. The molecule has 0 spiro atoms. The van der Waals surface area contributed by atoms with Crippen LogP contribution in [0.25, 0.3) is 11.4 Å². The topological polar surface area (TPSA) is 106 Å². The van der Waals surface area contributed by atoms with E-state index in [4.69, 9.17) is 4.74 Å². The quantitative estimate of drug-likeness (QED) is 0.273. The Labute approximate surface area is 217 Å². The summed E-state index contributed by atoms with van der Waals surface area (Å²) >= 11 is 1.28. The van der Waals surface area contributed by atoms with E-state index in [1.54, 1.807) is 67.8 Å². The van der Waals surface area contributed by atoms with Crippen LogP contribution >= 0.6 is 11.8 Å². The first-order chi connectivity index (χ1) is 18.0. The molecular formula is C27H23N5O4S. The van der Waals surface area contributed by atoms with E-state index in [2.05, 4.69) is 15.5 Å². The van der Waals surface area contributed by atoms with Crippen LogP contribution in [0.4, 0.5) is 11.4 Å². The van der Waals surface area contributed by atoms with Crippen LogP contribution in [0.3, 0.4) is 0 Å². The molecule has 1 N–H and O–H groups in total. The second-order valence-electron chi connectivity index (χ2n) is 8.13. The van der Waals surface area contributed by atoms with Gasteiger partial charge in [0.1, 0.15) is 5.75 Å². The van der Waals surface area contributed by atoms with Crippen molar-refractivity contribution in [2.24, 2.45) is 0 Å². The van der Waals surface area contributed by atoms with Gasteiger partial charge < -0.3 is 14.6 Å². The summed E-state index contributed by atoms with van der Waals surface area (Å²) in [6, 6.07) is 21.1. The van der Waals surface area contributed by atoms with Crippen molar-refractivity contribution in [3.63, 3.8) is 0 Å². The number of rotatable bonds is 8. The largest absolute Gasteiger partial charge is 0.495 e. The predicted octanol–water partition coefficient (Wildman–Crippen LogP) is 4.51. The Kier molecular flexibility index (Phi) is 6.74. The number of anilines is 2. The maximum Gasteiger partial charge on any atom is 0.266 e. The molecule has 0 unspecified atom stereocenters. The number of carbonyl (C=O) groups excluding carboxylic acids is 3. The number of carbonyl (C=O) groups is 3. The molecule has 0 radical (unpaired) electrons. The number of aromatic nitrogens is 3. The fourth-order valence-corrected chi connectivity index (χ4v) is 4.94. The van der Waals surface area contributed by atoms with Crippen molar-refractivity contribution < 1.29 is 19.1 Å². The SMILES string of the molecule is CCn1c(SCC(=O)Nc2ccccc2OC)nnc1-c1ccc(N2C(=O)c3ccccc3C2=O)cc1. The Balaban J connectivity index is 1.30. The average molecular weight is 514 g/mol. The summed E-state index contributed by atoms with van der Waals surface area (Å²) < 4.78 is 7.19. The normalized spacial score (nSPS) is 12.5. The highest BCUT2D eigenvalue weighted by atomic mass is 32.2. The van der Waals surface area contributed by atoms with E-state index in [-0.39, 0.29) is 23.5 Å². The Morgan fingerprint density at radius 2 is 1.57 bits per heavy atom. The Morgan fingerprint density at radius 3 is 2.22 bits per heavy atom. The zero-order valence-electron chi connectivity index (χ0n) is 20.2. The van der Waals surface area contributed by atoms with Gasteiger partial charge in [0.05, 0.1) is 35.4 Å². The number of nitrogens with zero attached hydrogens (tertiary/aromatic N) is 4. The monoisotopic (exact) mass is 513 g/mol. The highest BCUT2D eigenvalue weighted by Crippen LogP contribution is 2.31. The third-order valence-corrected chi connectivity index (χ3v) is 6.89. The molecule has 0 atom stereocenters. The fourth-order valence-electron chi connectivity index (χ4n) is 4.14. The molecular weight excluding hydrogens is 490 g/mol. The van der Waals surface area contributed by atoms with Gasteiger partial charge >= 0.3 is 0 Å². The summed E-state index contributed by atoms with van der Waals surface area (Å²) in [4.78, 5) is 39.3. The van der Waals surface area contributed by atoms with Crippen LogP contribution in [-0.4, -0.2) is 45.3 Å². The van der Waals surface area contributed by atoms with E-state index in [1.165, 1.54) is 16.7 Å². The molecule has 9 nitrogen and oxygen atoms in total. The maximum absolute atomic E-state index is 12.8. The number of amides is 3. The summed E-state index contributed by atoms with van der Waals surface area (Å²) in [6.45, 7) is 2.57. The minimum atomic E-state index is -0.338. The minimum Gasteiger partial charge on any atom is -0.495 e. The second-order valence-corrected chi connectivity index (χ2v) is 9.07. The number of para-hydroxylation sites is 2. The van der Waals surface area contributed by atoms with Gasteiger partial charge in [0.15, 0.2) is 11.0 Å². The molecule has 3 amide bonds. The predicted molar refractivity (Wildman–Crippen MR) is 141 cm³/mol. The molecule has 0 saturated heterocycles. The van der Waals surface area contributed by atoms with E-state index < -0.39 is 0 Å². The maximum atomic E-state index is 12.8. The van der Waals surface area contributed by atoms with E-state index in [9.17, 15) is 14.4 Å². The van der Waals surface area contributed by atoms with E-state index in [0.29, 0.717) is 45.8 Å². The van der Waals surface area contributed by atoms with Crippen molar-refractivity contribution in [2.75, 3.05) is 23.1 Å². The van der Waals surface area contributed by atoms with Gasteiger partial charge in [-0.15, -0.1) is 10.2 Å². The zero-order valence-corrected chi connectivity index (χ0v) is 21.0. The number of nitrogens with one attached hydrogen (secondary N) is 1. The Bertz CT molecular complexity index is 1460. The van der Waals surface area contributed by atoms with Gasteiger partial charge in [-0.3, -0.25) is 14.4 Å². The fraction of sp³-hybridized carbons (Fsp3) is 0.148. The van der Waals surface area contributed by atoms with E-state index >= 15 is 0 Å². The highest BCUT2D eigenvalue weighted by molar-refractivity contribution is 7.99. The Morgan fingerprint density at radius 1 is 0.919 bits per heavy atom. The molecule has 5 rings (SSSR count). The van der Waals surface area contributed by atoms with Crippen LogP contribution < -0.4 is 15.0 Å². The molecule has 1 aromatic heterocycles. The number of ether oxygens (including phenoxy) is 1. The van der Waals surface area contributed by atoms with Crippen molar-refractivity contribution in [2.45, 2.75) is 18.6 Å². The lowest BCUT2D eigenvalue weighted by Gasteiger charge is -2.14. The summed E-state index contributed by atoms with van der Waals surface area (Å²) in [5, 5.41) is 12.1. The summed E-state index contributed by atoms with van der Waals surface area (Å²) in [5.41, 5.74) is 2.67. The average Bonchev–Trinajstić information content (AvgIpc) is 3.46. The van der Waals surface area contributed by atoms with Gasteiger partial charge in [-0.25, -0.2) is 4.90 Å². The number of thioether (sulfide) groups is 1. The van der Waals surface area contributed by atoms with Crippen molar-refractivity contribution in [1.82, 2.24) is 14.8 Å². The van der Waals surface area contributed by atoms with E-state index in [1.807, 2.05) is 23.6 Å². The molecule has 0 saturated carbocycles. The molecule has 1 aliphatic heterocycles. The van der Waals surface area contributed by atoms with Gasteiger partial charge in [-0.2, -0.15) is 0 Å². The van der Waals surface area contributed by atoms with Crippen molar-refractivity contribution in [3.05, 3.63) is 83.9 Å². The third kappa shape index (κ3) is 4.58. The highest BCUT2D eigenvalue weighted by Gasteiger charge is 2.36. The lowest BCUT2D eigenvalue weighted by Crippen LogP contribution is -2.29. The third-order valence-electron chi connectivity index (χ3n) is 5.92. The Hall–Kier alpha value is -4.44. The van der Waals surface area contributed by atoms with Crippen molar-refractivity contribution in [3.8, 4) is 17.1 Å². The van der Waals surface area contributed by atoms with Crippen LogP contribution in [0.15, 0.2) is 78.0 Å². The lowest BCUT2D eigenvalue weighted by atomic mass is 10.1. The minimum absolute atomic E-state index is 0.148. The standard InChI is InChI=1S/C27H23N5O4S/c1-3-31-24(29-30-27(31)37-16-23(33)28-21-10-6-7-11-22(21)36-2)17-12-14-18(15-13-17)32-25(34)19-8-4-5-9-20(19)26(32)35/h4-15H,3,16H2,1-2H3,(H,28,33). The molecule has 0 fully saturated rings. The van der Waals surface area contributed by atoms with Crippen molar-refractivity contribution in [1.29, 1.82) is 0 Å². The summed E-state index contributed by atoms with van der Waals surface area (Å²) in [5.74, 6) is 0.500. The first kappa shape index (κ1) is 24.3. The summed E-state index contributed by atoms with van der Waals surface area (Å²) in [7, 11) is 1.55.